The second-order valence-corrected chi connectivity index (χ2v) is 6.49. The molecule has 140 valence electrons. The van der Waals surface area contributed by atoms with Gasteiger partial charge in [0.1, 0.15) is 5.75 Å². The third-order valence-electron chi connectivity index (χ3n) is 3.70. The van der Waals surface area contributed by atoms with Crippen LogP contribution in [0, 0.1) is 0 Å². The minimum Gasteiger partial charge on any atom is -0.406 e. The topological polar surface area (TPSA) is 75.7 Å². The fraction of sp³-hybridized carbons (Fsp3) is 0.118. The number of alkyl halides is 3. The monoisotopic (exact) mass is 490 g/mol. The Balaban J connectivity index is 1.65. The Morgan fingerprint density at radius 3 is 2.30 bits per heavy atom. The maximum Gasteiger partial charge on any atom is 0.573 e. The molecule has 0 saturated heterocycles. The summed E-state index contributed by atoms with van der Waals surface area (Å²) in [6.07, 6.45) is -4.80. The van der Waals surface area contributed by atoms with Gasteiger partial charge in [-0.05, 0) is 42.0 Å². The van der Waals surface area contributed by atoms with Gasteiger partial charge < -0.3 is 10.1 Å². The number of fused-ring (bicyclic) bond motifs is 1. The molecule has 1 N–H and O–H groups in total. The summed E-state index contributed by atoms with van der Waals surface area (Å²) in [7, 11) is 0. The summed E-state index contributed by atoms with van der Waals surface area (Å²) in [5, 5.41) is 2.60. The van der Waals surface area contributed by atoms with Crippen molar-refractivity contribution in [3.63, 3.8) is 0 Å². The van der Waals surface area contributed by atoms with Crippen LogP contribution in [0.15, 0.2) is 42.5 Å². The van der Waals surface area contributed by atoms with Crippen LogP contribution in [0.3, 0.4) is 0 Å². The van der Waals surface area contributed by atoms with Crippen LogP contribution >= 0.6 is 22.9 Å². The average molecular weight is 490 g/mol. The van der Waals surface area contributed by atoms with E-state index in [0.717, 1.165) is 15.2 Å². The van der Waals surface area contributed by atoms with Crippen molar-refractivity contribution in [3.8, 4) is 5.75 Å². The van der Waals surface area contributed by atoms with E-state index in [9.17, 15) is 27.6 Å². The normalized spacial score (nSPS) is 13.6. The Labute approximate surface area is 164 Å². The number of amides is 3. The molecule has 1 aliphatic heterocycles. The van der Waals surface area contributed by atoms with Crippen molar-refractivity contribution in [2.75, 3.05) is 0 Å². The third kappa shape index (κ3) is 4.21. The van der Waals surface area contributed by atoms with E-state index >= 15 is 0 Å². The van der Waals surface area contributed by atoms with E-state index in [2.05, 4.69) is 10.1 Å². The predicted molar refractivity (Wildman–Crippen MR) is 95.3 cm³/mol. The molecular formula is C17H10F3IN2O4. The van der Waals surface area contributed by atoms with Gasteiger partial charge in [0.2, 0.25) is 0 Å². The lowest BCUT2D eigenvalue weighted by Crippen LogP contribution is -2.23. The van der Waals surface area contributed by atoms with Gasteiger partial charge in [0.05, 0.1) is 34.0 Å². The maximum absolute atomic E-state index is 12.1. The lowest BCUT2D eigenvalue weighted by molar-refractivity contribution is -0.274. The number of carbonyl (C=O) groups is 3. The van der Waals surface area contributed by atoms with Gasteiger partial charge in [0.25, 0.3) is 17.7 Å². The predicted octanol–water partition coefficient (Wildman–Crippen LogP) is 3.46. The summed E-state index contributed by atoms with van der Waals surface area (Å²) >= 11 is 1.63. The number of hydrogen-bond donors (Lipinski definition) is 1. The number of benzene rings is 2. The summed E-state index contributed by atoms with van der Waals surface area (Å²) in [6.45, 7) is 0.0790. The molecule has 1 heterocycles. The number of nitrogens with one attached hydrogen (secondary N) is 1. The van der Waals surface area contributed by atoms with Crippen molar-refractivity contribution in [2.24, 2.45) is 0 Å². The molecule has 0 saturated carbocycles. The molecule has 0 atom stereocenters. The molecule has 0 aliphatic carbocycles. The first-order chi connectivity index (χ1) is 12.7. The van der Waals surface area contributed by atoms with Crippen molar-refractivity contribution in [1.82, 2.24) is 8.43 Å². The standard InChI is InChI=1S/C17H10F3IN2O4/c18-17(19,20)27-11-4-2-10(3-5-11)14(24)22-8-9-1-6-12-13(7-9)16(26)23(21)15(12)25/h1-7H,8H2,(H,22,24). The highest BCUT2D eigenvalue weighted by atomic mass is 127. The molecule has 6 nitrogen and oxygen atoms in total. The number of rotatable bonds is 4. The van der Waals surface area contributed by atoms with Crippen LogP contribution in [0.4, 0.5) is 13.2 Å². The quantitative estimate of drug-likeness (QED) is 0.405. The molecular weight excluding hydrogens is 480 g/mol. The van der Waals surface area contributed by atoms with Crippen LogP contribution in [0.1, 0.15) is 36.6 Å². The SMILES string of the molecule is O=C(NCc1ccc2c(c1)C(=O)N(I)C2=O)c1ccc(OC(F)(F)F)cc1. The second kappa shape index (κ2) is 7.18. The zero-order chi connectivity index (χ0) is 19.8. The van der Waals surface area contributed by atoms with Crippen molar-refractivity contribution in [2.45, 2.75) is 12.9 Å². The van der Waals surface area contributed by atoms with Gasteiger partial charge in [-0.25, -0.2) is 3.11 Å². The van der Waals surface area contributed by atoms with E-state index in [1.165, 1.54) is 24.3 Å². The van der Waals surface area contributed by atoms with Gasteiger partial charge >= 0.3 is 6.36 Å². The van der Waals surface area contributed by atoms with Gasteiger partial charge in [-0.3, -0.25) is 14.4 Å². The second-order valence-electron chi connectivity index (χ2n) is 5.53. The number of nitrogens with zero attached hydrogens (tertiary/aromatic N) is 1. The molecule has 1 aliphatic rings. The third-order valence-corrected chi connectivity index (χ3v) is 4.58. The van der Waals surface area contributed by atoms with E-state index < -0.39 is 29.8 Å². The van der Waals surface area contributed by atoms with Gasteiger partial charge in [-0.15, -0.1) is 13.2 Å². The Morgan fingerprint density at radius 2 is 1.67 bits per heavy atom. The molecule has 0 radical (unpaired) electrons. The highest BCUT2D eigenvalue weighted by Crippen LogP contribution is 2.26. The van der Waals surface area contributed by atoms with Gasteiger partial charge in [0, 0.05) is 12.1 Å². The van der Waals surface area contributed by atoms with Crippen molar-refractivity contribution >= 4 is 40.6 Å². The Bertz CT molecular complexity index is 929. The Morgan fingerprint density at radius 1 is 1.04 bits per heavy atom. The molecule has 0 bridgehead atoms. The molecule has 2 aromatic carbocycles. The number of hydrogen-bond acceptors (Lipinski definition) is 4. The highest BCUT2D eigenvalue weighted by Gasteiger charge is 2.34. The largest absolute Gasteiger partial charge is 0.573 e. The number of carbonyl (C=O) groups excluding carboxylic acids is 3. The molecule has 10 heteroatoms. The molecule has 0 fully saturated rings. The van der Waals surface area contributed by atoms with Crippen LogP contribution in [-0.4, -0.2) is 27.2 Å². The van der Waals surface area contributed by atoms with Gasteiger partial charge in [-0.2, -0.15) is 0 Å². The number of ether oxygens (including phenoxy) is 1. The molecule has 27 heavy (non-hydrogen) atoms. The van der Waals surface area contributed by atoms with Crippen molar-refractivity contribution in [1.29, 1.82) is 0 Å². The smallest absolute Gasteiger partial charge is 0.406 e. The molecule has 0 unspecified atom stereocenters. The summed E-state index contributed by atoms with van der Waals surface area (Å²) in [5.74, 6) is -1.76. The molecule has 0 spiro atoms. The lowest BCUT2D eigenvalue weighted by Gasteiger charge is -2.10. The van der Waals surface area contributed by atoms with E-state index in [0.29, 0.717) is 11.1 Å². The minimum atomic E-state index is -4.80. The van der Waals surface area contributed by atoms with Crippen molar-refractivity contribution < 1.29 is 32.3 Å². The van der Waals surface area contributed by atoms with Crippen LogP contribution in [0.2, 0.25) is 0 Å². The van der Waals surface area contributed by atoms with Crippen LogP contribution in [-0.2, 0) is 6.54 Å². The van der Waals surface area contributed by atoms with Crippen LogP contribution in [0.5, 0.6) is 5.75 Å². The van der Waals surface area contributed by atoms with Crippen LogP contribution < -0.4 is 10.1 Å². The first kappa shape index (κ1) is 19.1. The van der Waals surface area contributed by atoms with E-state index in [1.807, 2.05) is 0 Å². The molecule has 2 aromatic rings. The fourth-order valence-corrected chi connectivity index (χ4v) is 2.98. The lowest BCUT2D eigenvalue weighted by atomic mass is 10.1. The zero-order valence-corrected chi connectivity index (χ0v) is 15.5. The van der Waals surface area contributed by atoms with E-state index in [4.69, 9.17) is 0 Å². The summed E-state index contributed by atoms with van der Waals surface area (Å²) in [4.78, 5) is 35.9. The molecule has 3 rings (SSSR count). The Kier molecular flexibility index (Phi) is 5.09. The number of halogens is 4. The van der Waals surface area contributed by atoms with Crippen LogP contribution in [0.25, 0.3) is 0 Å². The summed E-state index contributed by atoms with van der Waals surface area (Å²) < 4.78 is 41.1. The fourth-order valence-electron chi connectivity index (χ4n) is 2.46. The summed E-state index contributed by atoms with van der Waals surface area (Å²) in [6, 6.07) is 9.13. The van der Waals surface area contributed by atoms with E-state index in [1.54, 1.807) is 28.9 Å². The minimum absolute atomic E-state index is 0.0790. The van der Waals surface area contributed by atoms with Gasteiger partial charge in [0.15, 0.2) is 0 Å². The highest BCUT2D eigenvalue weighted by molar-refractivity contribution is 14.1. The summed E-state index contributed by atoms with van der Waals surface area (Å²) in [5.41, 5.74) is 1.31. The average Bonchev–Trinajstić information content (AvgIpc) is 2.83. The Hall–Kier alpha value is -2.63. The number of imide groups is 1. The molecule has 0 aromatic heterocycles. The molecule has 3 amide bonds. The first-order valence-electron chi connectivity index (χ1n) is 7.47. The first-order valence-corrected chi connectivity index (χ1v) is 8.44. The van der Waals surface area contributed by atoms with E-state index in [-0.39, 0.29) is 17.7 Å². The van der Waals surface area contributed by atoms with Gasteiger partial charge in [-0.1, -0.05) is 6.07 Å². The zero-order valence-electron chi connectivity index (χ0n) is 13.3. The maximum atomic E-state index is 12.1. The van der Waals surface area contributed by atoms with Crippen molar-refractivity contribution in [3.05, 3.63) is 64.7 Å².